The van der Waals surface area contributed by atoms with Gasteiger partial charge in [-0.3, -0.25) is 10.3 Å². The molecule has 0 spiro atoms. The van der Waals surface area contributed by atoms with Crippen LogP contribution < -0.4 is 25.4 Å². The molecule has 0 unspecified atom stereocenters. The van der Waals surface area contributed by atoms with Gasteiger partial charge in [0, 0.05) is 25.8 Å². The first-order valence-electron chi connectivity index (χ1n) is 10.2. The summed E-state index contributed by atoms with van der Waals surface area (Å²) in [5.74, 6) is 2.27. The number of aliphatic imine (C=N–C) groups is 1. The van der Waals surface area contributed by atoms with E-state index in [1.165, 1.54) is 0 Å². The molecular formula is C23H31IN4O4. The Labute approximate surface area is 206 Å². The molecule has 1 heterocycles. The molecule has 2 aromatic carbocycles. The van der Waals surface area contributed by atoms with E-state index >= 15 is 0 Å². The van der Waals surface area contributed by atoms with E-state index in [1.54, 1.807) is 7.05 Å². The normalized spacial score (nSPS) is 12.6. The fourth-order valence-corrected chi connectivity index (χ4v) is 2.96. The lowest BCUT2D eigenvalue weighted by Crippen LogP contribution is -2.37. The van der Waals surface area contributed by atoms with Gasteiger partial charge in [0.2, 0.25) is 6.79 Å². The summed E-state index contributed by atoms with van der Waals surface area (Å²) in [6.07, 6.45) is 0.358. The molecule has 0 fully saturated rings. The fraction of sp³-hybridized carbons (Fsp3) is 0.391. The van der Waals surface area contributed by atoms with E-state index < -0.39 is 11.7 Å². The third kappa shape index (κ3) is 8.10. The average molecular weight is 554 g/mol. The van der Waals surface area contributed by atoms with Crippen LogP contribution >= 0.6 is 24.0 Å². The molecule has 0 aliphatic carbocycles. The van der Waals surface area contributed by atoms with Crippen LogP contribution in [0.1, 0.15) is 31.9 Å². The summed E-state index contributed by atoms with van der Waals surface area (Å²) in [6.45, 7) is 7.12. The number of carbonyl (C=O) groups is 1. The summed E-state index contributed by atoms with van der Waals surface area (Å²) >= 11 is 0. The zero-order valence-corrected chi connectivity index (χ0v) is 21.2. The van der Waals surface area contributed by atoms with Gasteiger partial charge < -0.3 is 24.8 Å². The van der Waals surface area contributed by atoms with Gasteiger partial charge in [0.25, 0.3) is 0 Å². The Morgan fingerprint density at radius 2 is 1.72 bits per heavy atom. The summed E-state index contributed by atoms with van der Waals surface area (Å²) in [6, 6.07) is 13.6. The summed E-state index contributed by atoms with van der Waals surface area (Å²) in [5.41, 5.74) is 2.41. The molecule has 0 saturated heterocycles. The highest BCUT2D eigenvalue weighted by molar-refractivity contribution is 14.0. The van der Waals surface area contributed by atoms with Gasteiger partial charge in [-0.05, 0) is 62.6 Å². The van der Waals surface area contributed by atoms with E-state index in [0.717, 1.165) is 41.6 Å². The van der Waals surface area contributed by atoms with Gasteiger partial charge in [0.1, 0.15) is 5.60 Å². The maximum absolute atomic E-state index is 11.8. The zero-order valence-electron chi connectivity index (χ0n) is 18.9. The summed E-state index contributed by atoms with van der Waals surface area (Å²) in [5, 5.41) is 9.33. The largest absolute Gasteiger partial charge is 0.454 e. The monoisotopic (exact) mass is 554 g/mol. The second kappa shape index (κ2) is 11.8. The lowest BCUT2D eigenvalue weighted by Gasteiger charge is -2.19. The Morgan fingerprint density at radius 1 is 1.03 bits per heavy atom. The predicted octanol–water partition coefficient (Wildman–Crippen LogP) is 4.29. The number of halogens is 1. The predicted molar refractivity (Wildman–Crippen MR) is 136 cm³/mol. The SMILES string of the molecule is CN=C(NCCc1ccc(NC(=O)OC(C)(C)C)cc1)NCc1ccc2c(c1)OCO2.I. The van der Waals surface area contributed by atoms with E-state index in [9.17, 15) is 4.79 Å². The molecule has 2 aromatic rings. The standard InChI is InChI=1S/C23H30N4O4.HI/c1-23(2,3)31-22(28)27-18-8-5-16(6-9-18)11-12-25-21(24-4)26-14-17-7-10-19-20(13-17)30-15-29-19;/h5-10,13H,11-12,14-15H2,1-4H3,(H,27,28)(H2,24,25,26);1H. The van der Waals surface area contributed by atoms with Crippen LogP contribution in [0.3, 0.4) is 0 Å². The molecule has 3 rings (SSSR count). The lowest BCUT2D eigenvalue weighted by atomic mass is 10.1. The average Bonchev–Trinajstić information content (AvgIpc) is 3.18. The Kier molecular flexibility index (Phi) is 9.42. The van der Waals surface area contributed by atoms with Crippen molar-refractivity contribution < 1.29 is 19.0 Å². The first kappa shape index (κ1) is 25.6. The molecule has 0 atom stereocenters. The number of nitrogens with one attached hydrogen (secondary N) is 3. The quantitative estimate of drug-likeness (QED) is 0.281. The van der Waals surface area contributed by atoms with Gasteiger partial charge >= 0.3 is 6.09 Å². The molecule has 0 saturated carbocycles. The molecule has 32 heavy (non-hydrogen) atoms. The van der Waals surface area contributed by atoms with Crippen molar-refractivity contribution in [1.29, 1.82) is 0 Å². The highest BCUT2D eigenvalue weighted by Gasteiger charge is 2.16. The smallest absolute Gasteiger partial charge is 0.412 e. The number of fused-ring (bicyclic) bond motifs is 1. The molecule has 1 amide bonds. The van der Waals surface area contributed by atoms with Crippen molar-refractivity contribution in [2.45, 2.75) is 39.3 Å². The molecule has 0 radical (unpaired) electrons. The van der Waals surface area contributed by atoms with Gasteiger partial charge in [-0.25, -0.2) is 4.79 Å². The van der Waals surface area contributed by atoms with Crippen molar-refractivity contribution in [1.82, 2.24) is 10.6 Å². The Balaban J connectivity index is 0.00000363. The summed E-state index contributed by atoms with van der Waals surface area (Å²) in [7, 11) is 1.74. The van der Waals surface area contributed by atoms with Crippen LogP contribution in [0.25, 0.3) is 0 Å². The van der Waals surface area contributed by atoms with Crippen molar-refractivity contribution in [3.05, 3.63) is 53.6 Å². The number of hydrogen-bond donors (Lipinski definition) is 3. The fourth-order valence-electron chi connectivity index (χ4n) is 2.96. The van der Waals surface area contributed by atoms with Gasteiger partial charge in [-0.15, -0.1) is 24.0 Å². The van der Waals surface area contributed by atoms with Crippen LogP contribution in [0.15, 0.2) is 47.5 Å². The maximum atomic E-state index is 11.8. The van der Waals surface area contributed by atoms with Crippen LogP contribution in [0, 0.1) is 0 Å². The van der Waals surface area contributed by atoms with Crippen LogP contribution in [0.5, 0.6) is 11.5 Å². The number of rotatable bonds is 6. The minimum absolute atomic E-state index is 0. The van der Waals surface area contributed by atoms with E-state index in [0.29, 0.717) is 12.2 Å². The molecule has 8 nitrogen and oxygen atoms in total. The number of nitrogens with zero attached hydrogens (tertiary/aromatic N) is 1. The van der Waals surface area contributed by atoms with Gasteiger partial charge in [0.05, 0.1) is 0 Å². The summed E-state index contributed by atoms with van der Waals surface area (Å²) < 4.78 is 16.0. The number of amides is 1. The molecule has 0 bridgehead atoms. The topological polar surface area (TPSA) is 93.2 Å². The first-order chi connectivity index (χ1) is 14.8. The van der Waals surface area contributed by atoms with Gasteiger partial charge in [-0.1, -0.05) is 18.2 Å². The third-order valence-corrected chi connectivity index (χ3v) is 4.43. The molecule has 0 aromatic heterocycles. The van der Waals surface area contributed by atoms with Crippen LogP contribution in [-0.2, 0) is 17.7 Å². The van der Waals surface area contributed by atoms with Crippen LogP contribution in [-0.4, -0.2) is 38.0 Å². The van der Waals surface area contributed by atoms with Gasteiger partial charge in [-0.2, -0.15) is 0 Å². The minimum atomic E-state index is -0.523. The molecule has 9 heteroatoms. The Morgan fingerprint density at radius 3 is 2.41 bits per heavy atom. The number of guanidine groups is 1. The molecule has 1 aliphatic heterocycles. The van der Waals surface area contributed by atoms with Crippen LogP contribution in [0.4, 0.5) is 10.5 Å². The van der Waals surface area contributed by atoms with E-state index in [-0.39, 0.29) is 30.8 Å². The van der Waals surface area contributed by atoms with Crippen molar-refractivity contribution in [2.75, 3.05) is 25.7 Å². The number of benzene rings is 2. The Hall–Kier alpha value is -2.69. The highest BCUT2D eigenvalue weighted by Crippen LogP contribution is 2.32. The summed E-state index contributed by atoms with van der Waals surface area (Å²) in [4.78, 5) is 16.1. The molecule has 1 aliphatic rings. The third-order valence-electron chi connectivity index (χ3n) is 4.43. The highest BCUT2D eigenvalue weighted by atomic mass is 127. The van der Waals surface area contributed by atoms with Crippen molar-refractivity contribution >= 4 is 41.7 Å². The van der Waals surface area contributed by atoms with E-state index in [1.807, 2.05) is 63.2 Å². The lowest BCUT2D eigenvalue weighted by molar-refractivity contribution is 0.0636. The first-order valence-corrected chi connectivity index (χ1v) is 10.2. The van der Waals surface area contributed by atoms with Crippen molar-refractivity contribution in [3.8, 4) is 11.5 Å². The van der Waals surface area contributed by atoms with Crippen LogP contribution in [0.2, 0.25) is 0 Å². The van der Waals surface area contributed by atoms with Crippen molar-refractivity contribution in [2.24, 2.45) is 4.99 Å². The Bertz CT molecular complexity index is 927. The number of ether oxygens (including phenoxy) is 3. The molecule has 3 N–H and O–H groups in total. The van der Waals surface area contributed by atoms with Crippen molar-refractivity contribution in [3.63, 3.8) is 0 Å². The zero-order chi connectivity index (χ0) is 22.3. The molecule has 174 valence electrons. The van der Waals surface area contributed by atoms with E-state index in [2.05, 4.69) is 20.9 Å². The second-order valence-corrected chi connectivity index (χ2v) is 8.11. The van der Waals surface area contributed by atoms with Gasteiger partial charge in [0.15, 0.2) is 17.5 Å². The molecular weight excluding hydrogens is 523 g/mol. The second-order valence-electron chi connectivity index (χ2n) is 8.11. The maximum Gasteiger partial charge on any atom is 0.412 e. The number of carbonyl (C=O) groups excluding carboxylic acids is 1. The number of hydrogen-bond acceptors (Lipinski definition) is 5. The van der Waals surface area contributed by atoms with E-state index in [4.69, 9.17) is 14.2 Å². The number of anilines is 1. The minimum Gasteiger partial charge on any atom is -0.454 e.